The van der Waals surface area contributed by atoms with Gasteiger partial charge in [0.1, 0.15) is 0 Å². The number of fused-ring (bicyclic) bond motifs is 3. The third-order valence-corrected chi connectivity index (χ3v) is 13.0. The van der Waals surface area contributed by atoms with Crippen molar-refractivity contribution < 1.29 is 26.3 Å². The third-order valence-electron chi connectivity index (χ3n) is 13.0. The first-order valence-electron chi connectivity index (χ1n) is 23.0. The van der Waals surface area contributed by atoms with Crippen LogP contribution >= 0.6 is 0 Å². The Hall–Kier alpha value is -8.56. The van der Waals surface area contributed by atoms with Gasteiger partial charge in [0.2, 0.25) is 0 Å². The fourth-order valence-corrected chi connectivity index (χ4v) is 9.48. The molecule has 2 aromatic heterocycles. The van der Waals surface area contributed by atoms with Crippen molar-refractivity contribution in [3.05, 3.63) is 235 Å². The minimum Gasteiger partial charge on any atom is -0.308 e. The molecule has 0 atom stereocenters. The summed E-state index contributed by atoms with van der Waals surface area (Å²) < 4.78 is 87.7. The van der Waals surface area contributed by atoms with Gasteiger partial charge >= 0.3 is 12.4 Å². The molecule has 71 heavy (non-hydrogen) atoms. The number of aryl methyl sites for hydroxylation is 2. The predicted molar refractivity (Wildman–Crippen MR) is 274 cm³/mol. The van der Waals surface area contributed by atoms with E-state index in [1.165, 1.54) is 24.3 Å². The summed E-state index contributed by atoms with van der Waals surface area (Å²) in [6, 6.07) is 63.9. The van der Waals surface area contributed by atoms with Crippen molar-refractivity contribution in [1.82, 2.24) is 14.5 Å². The van der Waals surface area contributed by atoms with E-state index in [4.69, 9.17) is 9.97 Å². The quantitative estimate of drug-likeness (QED) is 0.142. The molecular weight excluding hydrogens is 901 g/mol. The van der Waals surface area contributed by atoms with Gasteiger partial charge in [-0.1, -0.05) is 157 Å². The Morgan fingerprint density at radius 2 is 0.732 bits per heavy atom. The van der Waals surface area contributed by atoms with Crippen LogP contribution in [0.5, 0.6) is 0 Å². The molecule has 0 bridgehead atoms. The number of alkyl halides is 6. The largest absolute Gasteiger partial charge is 0.416 e. The van der Waals surface area contributed by atoms with Crippen molar-refractivity contribution in [2.24, 2.45) is 0 Å². The summed E-state index contributed by atoms with van der Waals surface area (Å²) in [6.45, 7) is 4.09. The zero-order valence-corrected chi connectivity index (χ0v) is 38.3. The second-order valence-electron chi connectivity index (χ2n) is 17.8. The molecule has 9 aromatic carbocycles. The molecule has 11 aromatic rings. The highest BCUT2D eigenvalue weighted by Crippen LogP contribution is 2.46. The van der Waals surface area contributed by atoms with Crippen LogP contribution in [0.4, 0.5) is 26.3 Å². The van der Waals surface area contributed by atoms with E-state index in [0.717, 1.165) is 90.6 Å². The summed E-state index contributed by atoms with van der Waals surface area (Å²) >= 11 is 0. The molecule has 0 aliphatic rings. The van der Waals surface area contributed by atoms with Gasteiger partial charge in [0.15, 0.2) is 5.82 Å². The number of hydrogen-bond acceptors (Lipinski definition) is 2. The highest BCUT2D eigenvalue weighted by molar-refractivity contribution is 6.13. The van der Waals surface area contributed by atoms with E-state index in [1.54, 1.807) is 0 Å². The first-order valence-corrected chi connectivity index (χ1v) is 23.0. The van der Waals surface area contributed by atoms with Crippen molar-refractivity contribution in [3.63, 3.8) is 0 Å². The number of aromatic nitrogens is 3. The molecule has 9 heteroatoms. The van der Waals surface area contributed by atoms with Crippen molar-refractivity contribution in [3.8, 4) is 84.1 Å². The van der Waals surface area contributed by atoms with Crippen molar-refractivity contribution in [2.45, 2.75) is 26.2 Å². The summed E-state index contributed by atoms with van der Waals surface area (Å²) in [7, 11) is 0. The van der Waals surface area contributed by atoms with Crippen molar-refractivity contribution >= 4 is 21.8 Å². The predicted octanol–water partition coefficient (Wildman–Crippen LogP) is 17.9. The average Bonchev–Trinajstić information content (AvgIpc) is 3.71. The fourth-order valence-electron chi connectivity index (χ4n) is 9.48. The van der Waals surface area contributed by atoms with Crippen LogP contribution in [0.15, 0.2) is 212 Å². The van der Waals surface area contributed by atoms with E-state index >= 15 is 0 Å². The number of hydrogen-bond donors (Lipinski definition) is 0. The van der Waals surface area contributed by atoms with Gasteiger partial charge in [0.05, 0.1) is 39.2 Å². The molecule has 2 heterocycles. The Morgan fingerprint density at radius 3 is 1.17 bits per heavy atom. The summed E-state index contributed by atoms with van der Waals surface area (Å²) in [5.41, 5.74) is 11.9. The van der Waals surface area contributed by atoms with Crippen LogP contribution in [0, 0.1) is 13.8 Å². The smallest absolute Gasteiger partial charge is 0.308 e. The van der Waals surface area contributed by atoms with E-state index in [0.29, 0.717) is 50.7 Å². The molecule has 0 fully saturated rings. The van der Waals surface area contributed by atoms with Gasteiger partial charge in [-0.25, -0.2) is 9.97 Å². The lowest BCUT2D eigenvalue weighted by Crippen LogP contribution is -2.06. The van der Waals surface area contributed by atoms with Gasteiger partial charge in [-0.15, -0.1) is 0 Å². The molecule has 0 aliphatic carbocycles. The molecule has 0 unspecified atom stereocenters. The van der Waals surface area contributed by atoms with Crippen LogP contribution < -0.4 is 0 Å². The Labute approximate surface area is 406 Å². The van der Waals surface area contributed by atoms with Gasteiger partial charge < -0.3 is 4.57 Å². The maximum absolute atomic E-state index is 14.3. The summed E-state index contributed by atoms with van der Waals surface area (Å²) in [5, 5.41) is 1.82. The van der Waals surface area contributed by atoms with Crippen LogP contribution in [0.3, 0.4) is 0 Å². The van der Waals surface area contributed by atoms with E-state index in [2.05, 4.69) is 53.1 Å². The Balaban J connectivity index is 1.26. The first kappa shape index (κ1) is 44.9. The second-order valence-corrected chi connectivity index (χ2v) is 17.8. The lowest BCUT2D eigenvalue weighted by Gasteiger charge is -2.22. The molecule has 346 valence electrons. The molecule has 0 saturated heterocycles. The SMILES string of the molecule is Cc1cccc(-c2ccc3c(c2)c2cc(-c4cccc(C)c4)ccc2n3-c2c(-c3ccc(C(F)(F)F)cc3)cc(-c3cc(-c4ccccc4)nc(-c4ccccc4)n3)cc2-c2ccc(C(F)(F)F)cc2)c1. The van der Waals surface area contributed by atoms with Crippen LogP contribution in [0.1, 0.15) is 22.3 Å². The molecule has 0 spiro atoms. The molecule has 0 radical (unpaired) electrons. The highest BCUT2D eigenvalue weighted by atomic mass is 19.4. The standard InChI is InChI=1S/C62H41F6N3/c1-38-11-9-17-44(31-38)46-23-29-57-53(33-46)54-34-47(45-18-10-12-39(2)32-45)24-30-58(54)71(57)59-51(40-19-25-49(26-20-40)61(63,64)65)35-48(36-52(59)41-21-27-50(28-22-41)62(66,67)68)56-37-55(42-13-5-3-6-14-42)69-60(70-56)43-15-7-4-8-16-43/h3-37H,1-2H3. The van der Waals surface area contributed by atoms with Gasteiger partial charge in [0.25, 0.3) is 0 Å². The highest BCUT2D eigenvalue weighted by Gasteiger charge is 2.32. The fraction of sp³-hybridized carbons (Fsp3) is 0.0645. The molecule has 11 rings (SSSR count). The van der Waals surface area contributed by atoms with Crippen LogP contribution in [0.2, 0.25) is 0 Å². The van der Waals surface area contributed by atoms with Crippen LogP contribution in [-0.4, -0.2) is 14.5 Å². The zero-order chi connectivity index (χ0) is 49.0. The lowest BCUT2D eigenvalue weighted by atomic mass is 9.90. The number of nitrogens with zero attached hydrogens (tertiary/aromatic N) is 3. The minimum atomic E-state index is -4.60. The maximum atomic E-state index is 14.3. The van der Waals surface area contributed by atoms with E-state index < -0.39 is 23.5 Å². The Kier molecular flexibility index (Phi) is 11.2. The Morgan fingerprint density at radius 1 is 0.338 bits per heavy atom. The molecule has 3 nitrogen and oxygen atoms in total. The van der Waals surface area contributed by atoms with E-state index in [9.17, 15) is 26.3 Å². The second kappa shape index (κ2) is 17.8. The summed E-state index contributed by atoms with van der Waals surface area (Å²) in [5.74, 6) is 0.439. The molecular formula is C62H41F6N3. The molecule has 0 saturated carbocycles. The number of halogens is 6. The van der Waals surface area contributed by atoms with Crippen molar-refractivity contribution in [1.29, 1.82) is 0 Å². The van der Waals surface area contributed by atoms with Gasteiger partial charge in [-0.3, -0.25) is 0 Å². The van der Waals surface area contributed by atoms with Gasteiger partial charge in [-0.05, 0) is 114 Å². The van der Waals surface area contributed by atoms with Gasteiger partial charge in [-0.2, -0.15) is 26.3 Å². The minimum absolute atomic E-state index is 0.439. The lowest BCUT2D eigenvalue weighted by molar-refractivity contribution is -0.138. The molecule has 0 aliphatic heterocycles. The van der Waals surface area contributed by atoms with E-state index in [1.807, 2.05) is 129 Å². The summed E-state index contributed by atoms with van der Waals surface area (Å²) in [4.78, 5) is 10.1. The first-order chi connectivity index (χ1) is 34.2. The molecule has 0 amide bonds. The topological polar surface area (TPSA) is 30.7 Å². The van der Waals surface area contributed by atoms with E-state index in [-0.39, 0.29) is 0 Å². The van der Waals surface area contributed by atoms with Gasteiger partial charge in [0, 0.05) is 38.6 Å². The zero-order valence-electron chi connectivity index (χ0n) is 38.3. The number of benzene rings is 9. The average molecular weight is 942 g/mol. The summed E-state index contributed by atoms with van der Waals surface area (Å²) in [6.07, 6.45) is -9.21. The monoisotopic (exact) mass is 941 g/mol. The van der Waals surface area contributed by atoms with Crippen LogP contribution in [0.25, 0.3) is 106 Å². The normalized spacial score (nSPS) is 11.9. The Bertz CT molecular complexity index is 3540. The number of rotatable bonds is 8. The van der Waals surface area contributed by atoms with Crippen molar-refractivity contribution in [2.75, 3.05) is 0 Å². The van der Waals surface area contributed by atoms with Crippen LogP contribution in [-0.2, 0) is 12.4 Å². The molecule has 0 N–H and O–H groups in total. The third kappa shape index (κ3) is 8.76. The maximum Gasteiger partial charge on any atom is 0.416 e.